The largest absolute Gasteiger partial charge is 0.126 e. The van der Waals surface area contributed by atoms with Gasteiger partial charge in [0.2, 0.25) is 0 Å². The number of rotatable bonds is 4. The van der Waals surface area contributed by atoms with Gasteiger partial charge in [-0.3, -0.25) is 0 Å². The molecule has 0 amide bonds. The van der Waals surface area contributed by atoms with E-state index in [1.54, 1.807) is 0 Å². The van der Waals surface area contributed by atoms with E-state index >= 15 is 0 Å². The van der Waals surface area contributed by atoms with E-state index in [0.29, 0.717) is 0 Å². The molecule has 0 aliphatic carbocycles. The van der Waals surface area contributed by atoms with E-state index in [1.165, 1.54) is 21.6 Å². The van der Waals surface area contributed by atoms with Crippen LogP contribution in [0.5, 0.6) is 0 Å². The second-order valence-corrected chi connectivity index (χ2v) is 5.49. The molecule has 0 heterocycles. The highest BCUT2D eigenvalue weighted by atomic mass is 32.2. The van der Waals surface area contributed by atoms with Crippen LogP contribution in [-0.2, 0) is 6.42 Å². The Hall–Kier alpha value is -1.21. The summed E-state index contributed by atoms with van der Waals surface area (Å²) in [6.07, 6.45) is 1.14. The molecule has 0 nitrogen and oxygen atoms in total. The minimum Gasteiger partial charge on any atom is -0.126 e. The SMILES string of the molecule is Cc1ccc(CCSc2ccccc2C)cc1. The fraction of sp³-hybridized carbons (Fsp3) is 0.250. The Balaban J connectivity index is 1.88. The second-order valence-electron chi connectivity index (χ2n) is 4.35. The van der Waals surface area contributed by atoms with E-state index < -0.39 is 0 Å². The van der Waals surface area contributed by atoms with Gasteiger partial charge in [-0.2, -0.15) is 0 Å². The molecular weight excluding hydrogens is 224 g/mol. The molecule has 0 aliphatic heterocycles. The van der Waals surface area contributed by atoms with Crippen molar-refractivity contribution in [1.82, 2.24) is 0 Å². The van der Waals surface area contributed by atoms with Crippen LogP contribution in [0.25, 0.3) is 0 Å². The number of hydrogen-bond donors (Lipinski definition) is 0. The fourth-order valence-electron chi connectivity index (χ4n) is 1.75. The van der Waals surface area contributed by atoms with Gasteiger partial charge in [-0.25, -0.2) is 0 Å². The van der Waals surface area contributed by atoms with Crippen LogP contribution in [0.2, 0.25) is 0 Å². The van der Waals surface area contributed by atoms with Crippen LogP contribution in [-0.4, -0.2) is 5.75 Å². The molecule has 0 spiro atoms. The average Bonchev–Trinajstić information content (AvgIpc) is 2.34. The molecule has 1 heteroatoms. The van der Waals surface area contributed by atoms with Crippen molar-refractivity contribution in [3.63, 3.8) is 0 Å². The van der Waals surface area contributed by atoms with Crippen molar-refractivity contribution in [3.05, 3.63) is 65.2 Å². The third kappa shape index (κ3) is 3.64. The molecule has 0 aromatic heterocycles. The molecule has 0 atom stereocenters. The molecule has 0 unspecified atom stereocenters. The molecule has 0 bridgehead atoms. The molecule has 0 aliphatic rings. The first-order valence-corrected chi connectivity index (χ1v) is 6.98. The second kappa shape index (κ2) is 5.92. The summed E-state index contributed by atoms with van der Waals surface area (Å²) in [4.78, 5) is 1.40. The summed E-state index contributed by atoms with van der Waals surface area (Å²) >= 11 is 1.95. The first-order valence-electron chi connectivity index (χ1n) is 6.00. The van der Waals surface area contributed by atoms with Crippen LogP contribution in [0.3, 0.4) is 0 Å². The van der Waals surface area contributed by atoms with E-state index in [4.69, 9.17) is 0 Å². The lowest BCUT2D eigenvalue weighted by Crippen LogP contribution is -1.89. The normalized spacial score (nSPS) is 10.5. The summed E-state index contributed by atoms with van der Waals surface area (Å²) in [7, 11) is 0. The Morgan fingerprint density at radius 1 is 0.882 bits per heavy atom. The molecule has 2 aromatic carbocycles. The minimum atomic E-state index is 1.14. The van der Waals surface area contributed by atoms with Crippen molar-refractivity contribution in [3.8, 4) is 0 Å². The van der Waals surface area contributed by atoms with Gasteiger partial charge in [0, 0.05) is 10.6 Å². The predicted molar refractivity (Wildman–Crippen MR) is 76.8 cm³/mol. The van der Waals surface area contributed by atoms with Gasteiger partial charge < -0.3 is 0 Å². The Labute approximate surface area is 108 Å². The quantitative estimate of drug-likeness (QED) is 0.704. The van der Waals surface area contributed by atoms with Crippen LogP contribution < -0.4 is 0 Å². The molecule has 0 saturated carbocycles. The summed E-state index contributed by atoms with van der Waals surface area (Å²) in [5.41, 5.74) is 4.14. The van der Waals surface area contributed by atoms with Crippen molar-refractivity contribution in [2.24, 2.45) is 0 Å². The van der Waals surface area contributed by atoms with Gasteiger partial charge in [0.05, 0.1) is 0 Å². The molecule has 0 N–H and O–H groups in total. The van der Waals surface area contributed by atoms with E-state index in [9.17, 15) is 0 Å². The van der Waals surface area contributed by atoms with Crippen molar-refractivity contribution in [1.29, 1.82) is 0 Å². The van der Waals surface area contributed by atoms with Crippen LogP contribution in [0.15, 0.2) is 53.4 Å². The molecule has 0 fully saturated rings. The summed E-state index contributed by atoms with van der Waals surface area (Å²) in [6.45, 7) is 4.31. The number of thioether (sulfide) groups is 1. The summed E-state index contributed by atoms with van der Waals surface area (Å²) in [5.74, 6) is 1.15. The number of aryl methyl sites for hydroxylation is 3. The topological polar surface area (TPSA) is 0 Å². The van der Waals surface area contributed by atoms with Crippen molar-refractivity contribution in [2.75, 3.05) is 5.75 Å². The molecule has 2 rings (SSSR count). The van der Waals surface area contributed by atoms with Crippen LogP contribution in [0.4, 0.5) is 0 Å². The lowest BCUT2D eigenvalue weighted by molar-refractivity contribution is 1.15. The van der Waals surface area contributed by atoms with Crippen LogP contribution in [0.1, 0.15) is 16.7 Å². The maximum atomic E-state index is 2.23. The Bertz CT molecular complexity index is 471. The zero-order valence-corrected chi connectivity index (χ0v) is 11.3. The van der Waals surface area contributed by atoms with Gasteiger partial charge in [-0.1, -0.05) is 48.0 Å². The van der Waals surface area contributed by atoms with Crippen molar-refractivity contribution < 1.29 is 0 Å². The van der Waals surface area contributed by atoms with Crippen molar-refractivity contribution in [2.45, 2.75) is 25.2 Å². The lowest BCUT2D eigenvalue weighted by Gasteiger charge is -2.05. The summed E-state index contributed by atoms with van der Waals surface area (Å²) < 4.78 is 0. The van der Waals surface area contributed by atoms with Crippen LogP contribution in [0, 0.1) is 13.8 Å². The molecule has 2 aromatic rings. The molecule has 0 saturated heterocycles. The van der Waals surface area contributed by atoms with Gasteiger partial charge in [0.15, 0.2) is 0 Å². The zero-order valence-electron chi connectivity index (χ0n) is 10.4. The third-order valence-electron chi connectivity index (χ3n) is 2.86. The van der Waals surface area contributed by atoms with Crippen molar-refractivity contribution >= 4 is 11.8 Å². The molecular formula is C16H18S. The predicted octanol–water partition coefficient (Wildman–Crippen LogP) is 4.64. The van der Waals surface area contributed by atoms with Gasteiger partial charge in [0.25, 0.3) is 0 Å². The molecule has 17 heavy (non-hydrogen) atoms. The Kier molecular flexibility index (Phi) is 4.27. The molecule has 0 radical (unpaired) electrons. The smallest absolute Gasteiger partial charge is 0.0101 e. The van der Waals surface area contributed by atoms with Gasteiger partial charge in [-0.15, -0.1) is 11.8 Å². The first kappa shape index (κ1) is 12.3. The maximum Gasteiger partial charge on any atom is 0.0101 e. The van der Waals surface area contributed by atoms with E-state index in [0.717, 1.165) is 12.2 Å². The third-order valence-corrected chi connectivity index (χ3v) is 4.04. The molecule has 88 valence electrons. The standard InChI is InChI=1S/C16H18S/c1-13-7-9-15(10-8-13)11-12-17-16-6-4-3-5-14(16)2/h3-10H,11-12H2,1-2H3. The Morgan fingerprint density at radius 2 is 1.59 bits per heavy atom. The summed E-state index contributed by atoms with van der Waals surface area (Å²) in [6, 6.07) is 17.4. The number of hydrogen-bond acceptors (Lipinski definition) is 1. The van der Waals surface area contributed by atoms with Gasteiger partial charge in [0.1, 0.15) is 0 Å². The monoisotopic (exact) mass is 242 g/mol. The highest BCUT2D eigenvalue weighted by Gasteiger charge is 1.98. The lowest BCUT2D eigenvalue weighted by atomic mass is 10.1. The highest BCUT2D eigenvalue weighted by Crippen LogP contribution is 2.22. The fourth-order valence-corrected chi connectivity index (χ4v) is 2.78. The average molecular weight is 242 g/mol. The van der Waals surface area contributed by atoms with E-state index in [2.05, 4.69) is 62.4 Å². The summed E-state index contributed by atoms with van der Waals surface area (Å²) in [5, 5.41) is 0. The van der Waals surface area contributed by atoms with E-state index in [-0.39, 0.29) is 0 Å². The highest BCUT2D eigenvalue weighted by molar-refractivity contribution is 7.99. The first-order chi connectivity index (χ1) is 8.25. The van der Waals surface area contributed by atoms with Crippen LogP contribution >= 0.6 is 11.8 Å². The van der Waals surface area contributed by atoms with Gasteiger partial charge in [-0.05, 0) is 37.5 Å². The minimum absolute atomic E-state index is 1.14. The maximum absolute atomic E-state index is 2.23. The number of benzene rings is 2. The Morgan fingerprint density at radius 3 is 2.29 bits per heavy atom. The zero-order chi connectivity index (χ0) is 12.1. The van der Waals surface area contributed by atoms with Gasteiger partial charge >= 0.3 is 0 Å². The van der Waals surface area contributed by atoms with E-state index in [1.807, 2.05) is 11.8 Å².